The lowest BCUT2D eigenvalue weighted by Crippen LogP contribution is -2.24. The van der Waals surface area contributed by atoms with Crippen molar-refractivity contribution in [3.63, 3.8) is 0 Å². The van der Waals surface area contributed by atoms with Gasteiger partial charge in [-0.1, -0.05) is 13.8 Å². The fourth-order valence-corrected chi connectivity index (χ4v) is 2.14. The van der Waals surface area contributed by atoms with Crippen molar-refractivity contribution in [1.29, 1.82) is 0 Å². The van der Waals surface area contributed by atoms with Crippen LogP contribution in [0.4, 0.5) is 0 Å². The second-order valence-corrected chi connectivity index (χ2v) is 4.85. The molecule has 6 heteroatoms. The summed E-state index contributed by atoms with van der Waals surface area (Å²) in [7, 11) is 4.43. The van der Waals surface area contributed by atoms with E-state index in [4.69, 9.17) is 19.3 Å². The molecule has 0 amide bonds. The number of carboxylic acids is 1. The fraction of sp³-hybridized carbons (Fsp3) is 0.533. The van der Waals surface area contributed by atoms with Crippen molar-refractivity contribution in [3.05, 3.63) is 17.7 Å². The molecule has 0 heterocycles. The van der Waals surface area contributed by atoms with Crippen LogP contribution in [-0.4, -0.2) is 37.5 Å². The van der Waals surface area contributed by atoms with E-state index in [1.807, 2.05) is 0 Å². The van der Waals surface area contributed by atoms with Gasteiger partial charge in [0.15, 0.2) is 11.5 Å². The highest BCUT2D eigenvalue weighted by Gasteiger charge is 2.30. The first kappa shape index (κ1) is 17.1. The lowest BCUT2D eigenvalue weighted by Gasteiger charge is -2.25. The normalized spacial score (nSPS) is 15.0. The third kappa shape index (κ3) is 3.39. The zero-order chi connectivity index (χ0) is 16.2. The van der Waals surface area contributed by atoms with Crippen LogP contribution in [0.15, 0.2) is 12.1 Å². The summed E-state index contributed by atoms with van der Waals surface area (Å²) in [5, 5.41) is 19.5. The smallest absolute Gasteiger partial charge is 0.306 e. The fourth-order valence-electron chi connectivity index (χ4n) is 2.14. The molecule has 0 saturated heterocycles. The van der Waals surface area contributed by atoms with Crippen LogP contribution in [0.2, 0.25) is 0 Å². The van der Waals surface area contributed by atoms with Gasteiger partial charge in [-0.15, -0.1) is 0 Å². The summed E-state index contributed by atoms with van der Waals surface area (Å²) in [6, 6.07) is 3.30. The quantitative estimate of drug-likeness (QED) is 0.802. The van der Waals surface area contributed by atoms with Gasteiger partial charge in [0.05, 0.1) is 33.4 Å². The second kappa shape index (κ2) is 7.17. The average Bonchev–Trinajstić information content (AvgIpc) is 2.50. The SMILES string of the molecule is COc1ccc(C(O)C(C)C(C)C(=O)O)c(OC)c1OC. The first-order valence-electron chi connectivity index (χ1n) is 6.58. The van der Waals surface area contributed by atoms with Gasteiger partial charge < -0.3 is 24.4 Å². The molecule has 1 aromatic rings. The van der Waals surface area contributed by atoms with E-state index in [0.29, 0.717) is 22.8 Å². The summed E-state index contributed by atoms with van der Waals surface area (Å²) >= 11 is 0. The Balaban J connectivity index is 3.26. The highest BCUT2D eigenvalue weighted by molar-refractivity contribution is 5.70. The van der Waals surface area contributed by atoms with Gasteiger partial charge in [0.25, 0.3) is 0 Å². The predicted molar refractivity (Wildman–Crippen MR) is 77.0 cm³/mol. The van der Waals surface area contributed by atoms with Gasteiger partial charge in [-0.3, -0.25) is 4.79 Å². The highest BCUT2D eigenvalue weighted by atomic mass is 16.5. The van der Waals surface area contributed by atoms with Crippen LogP contribution in [0.5, 0.6) is 17.2 Å². The number of aliphatic hydroxyl groups excluding tert-OH is 1. The number of methoxy groups -OCH3 is 3. The number of ether oxygens (including phenoxy) is 3. The Labute approximate surface area is 124 Å². The molecule has 0 radical (unpaired) electrons. The van der Waals surface area contributed by atoms with Crippen molar-refractivity contribution in [3.8, 4) is 17.2 Å². The Hall–Kier alpha value is -1.95. The molecule has 0 aromatic heterocycles. The molecular weight excluding hydrogens is 276 g/mol. The maximum atomic E-state index is 11.1. The number of rotatable bonds is 7. The molecule has 0 aliphatic carbocycles. The van der Waals surface area contributed by atoms with E-state index < -0.39 is 23.9 Å². The van der Waals surface area contributed by atoms with Crippen LogP contribution >= 0.6 is 0 Å². The topological polar surface area (TPSA) is 85.2 Å². The highest BCUT2D eigenvalue weighted by Crippen LogP contribution is 2.44. The molecule has 6 nitrogen and oxygen atoms in total. The van der Waals surface area contributed by atoms with Gasteiger partial charge in [-0.05, 0) is 18.1 Å². The maximum Gasteiger partial charge on any atom is 0.306 e. The molecule has 0 saturated carbocycles. The van der Waals surface area contributed by atoms with Crippen molar-refractivity contribution in [1.82, 2.24) is 0 Å². The maximum absolute atomic E-state index is 11.1. The molecule has 1 aromatic carbocycles. The van der Waals surface area contributed by atoms with E-state index in [0.717, 1.165) is 0 Å². The predicted octanol–water partition coefficient (Wildman–Crippen LogP) is 2.10. The monoisotopic (exact) mass is 298 g/mol. The number of hydrogen-bond acceptors (Lipinski definition) is 5. The molecule has 0 fully saturated rings. The van der Waals surface area contributed by atoms with Crippen LogP contribution in [0.25, 0.3) is 0 Å². The number of aliphatic hydroxyl groups is 1. The van der Waals surface area contributed by atoms with Gasteiger partial charge in [-0.25, -0.2) is 0 Å². The molecule has 0 bridgehead atoms. The minimum Gasteiger partial charge on any atom is -0.493 e. The minimum absolute atomic E-state index is 0.341. The van der Waals surface area contributed by atoms with Crippen molar-refractivity contribution in [2.45, 2.75) is 20.0 Å². The van der Waals surface area contributed by atoms with Gasteiger partial charge in [0.2, 0.25) is 5.75 Å². The standard InChI is InChI=1S/C15H22O6/c1-8(9(2)15(17)18)12(16)10-6-7-11(19-3)14(21-5)13(10)20-4/h6-9,12,16H,1-5H3,(H,17,18). The number of benzene rings is 1. The van der Waals surface area contributed by atoms with E-state index in [9.17, 15) is 9.90 Å². The third-order valence-electron chi connectivity index (χ3n) is 3.73. The number of carboxylic acid groups (broad SMARTS) is 1. The second-order valence-electron chi connectivity index (χ2n) is 4.85. The van der Waals surface area contributed by atoms with E-state index in [-0.39, 0.29) is 0 Å². The molecule has 2 N–H and O–H groups in total. The summed E-state index contributed by atoms with van der Waals surface area (Å²) in [4.78, 5) is 11.1. The van der Waals surface area contributed by atoms with Crippen LogP contribution in [0, 0.1) is 11.8 Å². The van der Waals surface area contributed by atoms with Gasteiger partial charge in [-0.2, -0.15) is 0 Å². The van der Waals surface area contributed by atoms with Crippen molar-refractivity contribution < 1.29 is 29.2 Å². The average molecular weight is 298 g/mol. The minimum atomic E-state index is -0.995. The molecule has 21 heavy (non-hydrogen) atoms. The molecule has 3 atom stereocenters. The number of hydrogen-bond donors (Lipinski definition) is 2. The van der Waals surface area contributed by atoms with Gasteiger partial charge in [0.1, 0.15) is 0 Å². The first-order chi connectivity index (χ1) is 9.88. The molecule has 0 aliphatic rings. The first-order valence-corrected chi connectivity index (χ1v) is 6.58. The van der Waals surface area contributed by atoms with E-state index in [1.165, 1.54) is 21.3 Å². The zero-order valence-electron chi connectivity index (χ0n) is 12.9. The number of carbonyl (C=O) groups is 1. The molecule has 3 unspecified atom stereocenters. The van der Waals surface area contributed by atoms with Crippen molar-refractivity contribution in [2.75, 3.05) is 21.3 Å². The van der Waals surface area contributed by atoms with Gasteiger partial charge in [0, 0.05) is 5.56 Å². The summed E-state index contributed by atoms with van der Waals surface area (Å²) < 4.78 is 15.7. The summed E-state index contributed by atoms with van der Waals surface area (Å²) in [5.41, 5.74) is 0.468. The molecule has 0 spiro atoms. The van der Waals surface area contributed by atoms with Crippen LogP contribution in [0.1, 0.15) is 25.5 Å². The van der Waals surface area contributed by atoms with Crippen LogP contribution < -0.4 is 14.2 Å². The Morgan fingerprint density at radius 1 is 1.05 bits per heavy atom. The zero-order valence-corrected chi connectivity index (χ0v) is 12.9. The molecule has 0 aliphatic heterocycles. The van der Waals surface area contributed by atoms with Crippen molar-refractivity contribution >= 4 is 5.97 Å². The van der Waals surface area contributed by atoms with Crippen LogP contribution in [-0.2, 0) is 4.79 Å². The Morgan fingerprint density at radius 3 is 2.05 bits per heavy atom. The summed E-state index contributed by atoms with van der Waals surface area (Å²) in [5.74, 6) is -0.960. The molecular formula is C15H22O6. The largest absolute Gasteiger partial charge is 0.493 e. The van der Waals surface area contributed by atoms with E-state index in [1.54, 1.807) is 26.0 Å². The van der Waals surface area contributed by atoms with Gasteiger partial charge >= 0.3 is 5.97 Å². The lowest BCUT2D eigenvalue weighted by molar-refractivity contribution is -0.144. The lowest BCUT2D eigenvalue weighted by atomic mass is 9.86. The Bertz CT molecular complexity index is 499. The third-order valence-corrected chi connectivity index (χ3v) is 3.73. The summed E-state index contributed by atoms with van der Waals surface area (Å²) in [6.07, 6.45) is -0.995. The van der Waals surface area contributed by atoms with E-state index in [2.05, 4.69) is 0 Å². The van der Waals surface area contributed by atoms with Crippen molar-refractivity contribution in [2.24, 2.45) is 11.8 Å². The van der Waals surface area contributed by atoms with Crippen LogP contribution in [0.3, 0.4) is 0 Å². The molecule has 118 valence electrons. The Morgan fingerprint density at radius 2 is 1.62 bits per heavy atom. The Kier molecular flexibility index (Phi) is 5.84. The number of aliphatic carboxylic acids is 1. The van der Waals surface area contributed by atoms with E-state index >= 15 is 0 Å². The molecule has 1 rings (SSSR count). The summed E-state index contributed by atoms with van der Waals surface area (Å²) in [6.45, 7) is 3.24.